The van der Waals surface area contributed by atoms with E-state index in [0.717, 1.165) is 35.1 Å². The Bertz CT molecular complexity index is 927. The van der Waals surface area contributed by atoms with Gasteiger partial charge in [-0.1, -0.05) is 18.2 Å². The van der Waals surface area contributed by atoms with Gasteiger partial charge in [-0.25, -0.2) is 0 Å². The molecule has 1 aromatic carbocycles. The Balaban J connectivity index is 1.57. The topological polar surface area (TPSA) is 53.2 Å². The molecule has 23 heavy (non-hydrogen) atoms. The van der Waals surface area contributed by atoms with Crippen molar-refractivity contribution < 1.29 is 4.79 Å². The number of carbonyl (C=O) groups excluding carboxylic acids is 1. The number of allylic oxidation sites excluding steroid dienone is 2. The minimum Gasteiger partial charge on any atom is -0.322 e. The van der Waals surface area contributed by atoms with E-state index in [4.69, 9.17) is 0 Å². The SMILES string of the molecule is Cc1cc(=O)[nH]c2cc(N3CC4C5C=CC(C5)C4C3=O)ccc12. The molecule has 1 aliphatic heterocycles. The molecule has 116 valence electrons. The number of anilines is 1. The molecular formula is C19H18N2O2. The number of aromatic amines is 1. The number of rotatable bonds is 1. The molecule has 1 saturated heterocycles. The van der Waals surface area contributed by atoms with E-state index in [2.05, 4.69) is 17.1 Å². The smallest absolute Gasteiger partial charge is 0.248 e. The fourth-order valence-corrected chi connectivity index (χ4v) is 4.84. The second kappa shape index (κ2) is 4.34. The molecule has 2 aromatic rings. The first-order valence-electron chi connectivity index (χ1n) is 8.25. The van der Waals surface area contributed by atoms with Crippen molar-refractivity contribution in [3.8, 4) is 0 Å². The molecule has 2 aliphatic carbocycles. The summed E-state index contributed by atoms with van der Waals surface area (Å²) in [6.45, 7) is 2.74. The third-order valence-corrected chi connectivity index (χ3v) is 5.91. The number of pyridine rings is 1. The first-order valence-corrected chi connectivity index (χ1v) is 8.25. The number of H-pyrrole nitrogens is 1. The van der Waals surface area contributed by atoms with Crippen molar-refractivity contribution in [3.05, 3.63) is 52.3 Å². The van der Waals surface area contributed by atoms with Gasteiger partial charge in [-0.15, -0.1) is 0 Å². The Kier molecular flexibility index (Phi) is 2.48. The van der Waals surface area contributed by atoms with Crippen molar-refractivity contribution in [2.45, 2.75) is 13.3 Å². The van der Waals surface area contributed by atoms with Crippen LogP contribution in [0.5, 0.6) is 0 Å². The van der Waals surface area contributed by atoms with Crippen LogP contribution in [0.3, 0.4) is 0 Å². The van der Waals surface area contributed by atoms with E-state index in [1.807, 2.05) is 30.0 Å². The fourth-order valence-electron chi connectivity index (χ4n) is 4.84. The molecule has 2 bridgehead atoms. The Hall–Kier alpha value is -2.36. The molecule has 3 aliphatic rings. The molecule has 1 N–H and O–H groups in total. The lowest BCUT2D eigenvalue weighted by atomic mass is 9.86. The van der Waals surface area contributed by atoms with Crippen LogP contribution in [0.15, 0.2) is 41.2 Å². The van der Waals surface area contributed by atoms with Crippen molar-refractivity contribution in [2.24, 2.45) is 23.7 Å². The molecule has 4 heteroatoms. The molecule has 1 aromatic heterocycles. The molecule has 0 radical (unpaired) electrons. The van der Waals surface area contributed by atoms with Crippen LogP contribution in [0.1, 0.15) is 12.0 Å². The number of benzene rings is 1. The van der Waals surface area contributed by atoms with E-state index in [9.17, 15) is 9.59 Å². The first-order chi connectivity index (χ1) is 11.1. The van der Waals surface area contributed by atoms with Crippen LogP contribution in [0, 0.1) is 30.6 Å². The minimum absolute atomic E-state index is 0.0981. The van der Waals surface area contributed by atoms with Crippen LogP contribution >= 0.6 is 0 Å². The van der Waals surface area contributed by atoms with Crippen LogP contribution < -0.4 is 10.5 Å². The van der Waals surface area contributed by atoms with Crippen LogP contribution in [-0.4, -0.2) is 17.4 Å². The zero-order valence-corrected chi connectivity index (χ0v) is 13.0. The summed E-state index contributed by atoms with van der Waals surface area (Å²) in [5, 5.41) is 1.03. The zero-order valence-electron chi connectivity index (χ0n) is 13.0. The number of hydrogen-bond acceptors (Lipinski definition) is 2. The number of aryl methyl sites for hydroxylation is 1. The first kappa shape index (κ1) is 13.1. The van der Waals surface area contributed by atoms with E-state index < -0.39 is 0 Å². The third-order valence-electron chi connectivity index (χ3n) is 5.91. The summed E-state index contributed by atoms with van der Waals surface area (Å²) in [5.41, 5.74) is 2.57. The van der Waals surface area contributed by atoms with Gasteiger partial charge in [-0.2, -0.15) is 0 Å². The van der Waals surface area contributed by atoms with Gasteiger partial charge < -0.3 is 9.88 Å². The average molecular weight is 306 g/mol. The molecular weight excluding hydrogens is 288 g/mol. The number of aromatic nitrogens is 1. The standard InChI is InChI=1S/C19H18N2O2/c1-10-6-17(22)20-16-8-13(4-5-14(10)16)21-9-15-11-2-3-12(7-11)18(15)19(21)23/h2-6,8,11-12,15,18H,7,9H2,1H3,(H,20,22). The van der Waals surface area contributed by atoms with Crippen LogP contribution in [0.25, 0.3) is 10.9 Å². The zero-order chi connectivity index (χ0) is 15.7. The Morgan fingerprint density at radius 1 is 1.13 bits per heavy atom. The summed E-state index contributed by atoms with van der Waals surface area (Å²) in [4.78, 5) is 29.4. The lowest BCUT2D eigenvalue weighted by Gasteiger charge is -2.19. The number of carbonyl (C=O) groups is 1. The third kappa shape index (κ3) is 1.72. The van der Waals surface area contributed by atoms with E-state index in [1.54, 1.807) is 6.07 Å². The predicted octanol–water partition coefficient (Wildman–Crippen LogP) is 2.62. The van der Waals surface area contributed by atoms with Crippen molar-refractivity contribution >= 4 is 22.5 Å². The van der Waals surface area contributed by atoms with Crippen LogP contribution in [-0.2, 0) is 4.79 Å². The van der Waals surface area contributed by atoms with Gasteiger partial charge in [-0.3, -0.25) is 9.59 Å². The highest BCUT2D eigenvalue weighted by atomic mass is 16.2. The summed E-state index contributed by atoms with van der Waals surface area (Å²) < 4.78 is 0. The van der Waals surface area contributed by atoms with Gasteiger partial charge >= 0.3 is 0 Å². The number of amides is 1. The number of nitrogens with zero attached hydrogens (tertiary/aromatic N) is 1. The summed E-state index contributed by atoms with van der Waals surface area (Å²) >= 11 is 0. The highest BCUT2D eigenvalue weighted by Gasteiger charge is 2.54. The van der Waals surface area contributed by atoms with Crippen LogP contribution in [0.2, 0.25) is 0 Å². The van der Waals surface area contributed by atoms with Crippen molar-refractivity contribution in [2.75, 3.05) is 11.4 Å². The van der Waals surface area contributed by atoms with E-state index >= 15 is 0 Å². The molecule has 2 fully saturated rings. The summed E-state index contributed by atoms with van der Waals surface area (Å²) in [6, 6.07) is 7.56. The maximum atomic E-state index is 12.9. The lowest BCUT2D eigenvalue weighted by Crippen LogP contribution is -2.29. The van der Waals surface area contributed by atoms with Gasteiger partial charge in [-0.05, 0) is 48.8 Å². The normalized spacial score (nSPS) is 31.3. The second-order valence-corrected chi connectivity index (χ2v) is 7.13. The molecule has 4 atom stereocenters. The quantitative estimate of drug-likeness (QED) is 0.823. The molecule has 5 rings (SSSR count). The number of hydrogen-bond donors (Lipinski definition) is 1. The maximum absolute atomic E-state index is 12.9. The highest BCUT2D eigenvalue weighted by Crippen LogP contribution is 2.52. The molecule has 4 unspecified atom stereocenters. The van der Waals surface area contributed by atoms with Gasteiger partial charge in [0.05, 0.1) is 5.52 Å². The van der Waals surface area contributed by atoms with Crippen molar-refractivity contribution in [3.63, 3.8) is 0 Å². The average Bonchev–Trinajstić information content (AvgIpc) is 3.19. The molecule has 0 spiro atoms. The van der Waals surface area contributed by atoms with Gasteiger partial charge in [0, 0.05) is 29.6 Å². The largest absolute Gasteiger partial charge is 0.322 e. The van der Waals surface area contributed by atoms with Crippen LogP contribution in [0.4, 0.5) is 5.69 Å². The predicted molar refractivity (Wildman–Crippen MR) is 89.4 cm³/mol. The summed E-state index contributed by atoms with van der Waals surface area (Å²) in [7, 11) is 0. The Labute approximate surface area is 133 Å². The number of nitrogens with one attached hydrogen (secondary N) is 1. The molecule has 4 nitrogen and oxygen atoms in total. The molecule has 1 saturated carbocycles. The second-order valence-electron chi connectivity index (χ2n) is 7.13. The molecule has 2 heterocycles. The number of fused-ring (bicyclic) bond motifs is 6. The minimum atomic E-state index is -0.0981. The van der Waals surface area contributed by atoms with Crippen molar-refractivity contribution in [1.82, 2.24) is 4.98 Å². The van der Waals surface area contributed by atoms with Gasteiger partial charge in [0.1, 0.15) is 0 Å². The summed E-state index contributed by atoms with van der Waals surface area (Å²) in [5.74, 6) is 1.88. The van der Waals surface area contributed by atoms with E-state index in [-0.39, 0.29) is 17.4 Å². The van der Waals surface area contributed by atoms with E-state index in [0.29, 0.717) is 17.8 Å². The van der Waals surface area contributed by atoms with Gasteiger partial charge in [0.25, 0.3) is 0 Å². The maximum Gasteiger partial charge on any atom is 0.248 e. The van der Waals surface area contributed by atoms with Crippen molar-refractivity contribution in [1.29, 1.82) is 0 Å². The monoisotopic (exact) mass is 306 g/mol. The Morgan fingerprint density at radius 3 is 2.78 bits per heavy atom. The van der Waals surface area contributed by atoms with Gasteiger partial charge in [0.15, 0.2) is 0 Å². The lowest BCUT2D eigenvalue weighted by molar-refractivity contribution is -0.121. The molecule has 1 amide bonds. The van der Waals surface area contributed by atoms with E-state index in [1.165, 1.54) is 0 Å². The van der Waals surface area contributed by atoms with Gasteiger partial charge in [0.2, 0.25) is 11.5 Å². The Morgan fingerprint density at radius 2 is 1.96 bits per heavy atom. The fraction of sp³-hybridized carbons (Fsp3) is 0.368. The summed E-state index contributed by atoms with van der Waals surface area (Å²) in [6.07, 6.45) is 5.68. The highest BCUT2D eigenvalue weighted by molar-refractivity contribution is 6.00.